The Labute approximate surface area is 120 Å². The average molecular weight is 327 g/mol. The molecule has 0 fully saturated rings. The first-order valence-corrected chi connectivity index (χ1v) is 6.72. The molecule has 0 saturated carbocycles. The van der Waals surface area contributed by atoms with Crippen molar-refractivity contribution in [2.75, 3.05) is 7.05 Å². The Morgan fingerprint density at radius 1 is 1.17 bits per heavy atom. The lowest BCUT2D eigenvalue weighted by atomic mass is 10.2. The van der Waals surface area contributed by atoms with Gasteiger partial charge in [-0.15, -0.1) is 0 Å². The van der Waals surface area contributed by atoms with Crippen LogP contribution in [0.15, 0.2) is 46.9 Å². The Hall–Kier alpha value is -1.03. The standard InChI is InChI=1S/C14H13BrClNO/c1-17-9-10-2-5-12(16)8-14(10)18-13-6-3-11(15)4-7-13/h2-8,17H,9H2,1H3. The second-order valence-corrected chi connectivity index (χ2v) is 5.19. The molecular weight excluding hydrogens is 314 g/mol. The first kappa shape index (κ1) is 13.4. The second kappa shape index (κ2) is 6.23. The van der Waals surface area contributed by atoms with Crippen LogP contribution < -0.4 is 10.1 Å². The van der Waals surface area contributed by atoms with Gasteiger partial charge in [-0.1, -0.05) is 33.6 Å². The van der Waals surface area contributed by atoms with Gasteiger partial charge in [-0.05, 0) is 43.4 Å². The highest BCUT2D eigenvalue weighted by Crippen LogP contribution is 2.29. The highest BCUT2D eigenvalue weighted by atomic mass is 79.9. The van der Waals surface area contributed by atoms with E-state index in [9.17, 15) is 0 Å². The van der Waals surface area contributed by atoms with Gasteiger partial charge in [0, 0.05) is 21.6 Å². The largest absolute Gasteiger partial charge is 0.457 e. The molecule has 0 radical (unpaired) electrons. The van der Waals surface area contributed by atoms with Crippen LogP contribution in [0.4, 0.5) is 0 Å². The van der Waals surface area contributed by atoms with Crippen molar-refractivity contribution in [2.24, 2.45) is 0 Å². The van der Waals surface area contributed by atoms with Crippen LogP contribution >= 0.6 is 27.5 Å². The quantitative estimate of drug-likeness (QED) is 0.885. The van der Waals surface area contributed by atoms with E-state index < -0.39 is 0 Å². The van der Waals surface area contributed by atoms with Crippen molar-refractivity contribution in [1.29, 1.82) is 0 Å². The van der Waals surface area contributed by atoms with Gasteiger partial charge in [0.2, 0.25) is 0 Å². The molecule has 2 nitrogen and oxygen atoms in total. The predicted molar refractivity (Wildman–Crippen MR) is 78.4 cm³/mol. The summed E-state index contributed by atoms with van der Waals surface area (Å²) in [6.45, 7) is 0.739. The van der Waals surface area contributed by atoms with Gasteiger partial charge in [0.1, 0.15) is 11.5 Å². The molecule has 0 aliphatic heterocycles. The van der Waals surface area contributed by atoms with E-state index >= 15 is 0 Å². The van der Waals surface area contributed by atoms with Crippen LogP contribution in [0, 0.1) is 0 Å². The molecule has 0 amide bonds. The van der Waals surface area contributed by atoms with Crippen molar-refractivity contribution in [2.45, 2.75) is 6.54 Å². The van der Waals surface area contributed by atoms with Crippen molar-refractivity contribution >= 4 is 27.5 Å². The molecule has 18 heavy (non-hydrogen) atoms. The second-order valence-electron chi connectivity index (χ2n) is 3.84. The third kappa shape index (κ3) is 3.48. The van der Waals surface area contributed by atoms with Crippen LogP contribution in [-0.2, 0) is 6.54 Å². The molecule has 4 heteroatoms. The number of rotatable bonds is 4. The maximum atomic E-state index is 6.00. The number of nitrogens with one attached hydrogen (secondary N) is 1. The molecule has 0 heterocycles. The highest BCUT2D eigenvalue weighted by molar-refractivity contribution is 9.10. The minimum atomic E-state index is 0.668. The van der Waals surface area contributed by atoms with Crippen molar-refractivity contribution < 1.29 is 4.74 Å². The van der Waals surface area contributed by atoms with Gasteiger partial charge in [0.25, 0.3) is 0 Å². The smallest absolute Gasteiger partial charge is 0.133 e. The third-order valence-corrected chi connectivity index (χ3v) is 3.20. The fourth-order valence-electron chi connectivity index (χ4n) is 1.59. The van der Waals surface area contributed by atoms with E-state index in [1.165, 1.54) is 0 Å². The molecule has 0 bridgehead atoms. The number of ether oxygens (including phenoxy) is 1. The highest BCUT2D eigenvalue weighted by Gasteiger charge is 2.05. The van der Waals surface area contributed by atoms with Crippen LogP contribution in [0.1, 0.15) is 5.56 Å². The fourth-order valence-corrected chi connectivity index (χ4v) is 2.02. The molecule has 0 unspecified atom stereocenters. The lowest BCUT2D eigenvalue weighted by Crippen LogP contribution is -2.06. The summed E-state index contributed by atoms with van der Waals surface area (Å²) in [5.41, 5.74) is 1.07. The summed E-state index contributed by atoms with van der Waals surface area (Å²) in [6.07, 6.45) is 0. The van der Waals surface area contributed by atoms with Crippen LogP contribution in [0.2, 0.25) is 5.02 Å². The number of hydrogen-bond donors (Lipinski definition) is 1. The predicted octanol–water partition coefficient (Wildman–Crippen LogP) is 4.61. The average Bonchev–Trinajstić information content (AvgIpc) is 2.36. The summed E-state index contributed by atoms with van der Waals surface area (Å²) >= 11 is 9.40. The van der Waals surface area contributed by atoms with Gasteiger partial charge in [0.05, 0.1) is 0 Å². The monoisotopic (exact) mass is 325 g/mol. The van der Waals surface area contributed by atoms with Crippen molar-refractivity contribution in [3.8, 4) is 11.5 Å². The summed E-state index contributed by atoms with van der Waals surface area (Å²) in [7, 11) is 1.90. The van der Waals surface area contributed by atoms with Crippen molar-refractivity contribution in [1.82, 2.24) is 5.32 Å². The molecule has 0 aromatic heterocycles. The van der Waals surface area contributed by atoms with Crippen molar-refractivity contribution in [3.05, 3.63) is 57.5 Å². The Kier molecular flexibility index (Phi) is 4.64. The first-order chi connectivity index (χ1) is 8.69. The van der Waals surface area contributed by atoms with Crippen LogP contribution in [0.25, 0.3) is 0 Å². The van der Waals surface area contributed by atoms with E-state index in [2.05, 4.69) is 21.2 Å². The molecule has 0 saturated heterocycles. The molecule has 0 aliphatic rings. The SMILES string of the molecule is CNCc1ccc(Cl)cc1Oc1ccc(Br)cc1. The van der Waals surface area contributed by atoms with E-state index in [0.717, 1.165) is 28.1 Å². The summed E-state index contributed by atoms with van der Waals surface area (Å²) in [5, 5.41) is 3.78. The minimum absolute atomic E-state index is 0.668. The fraction of sp³-hybridized carbons (Fsp3) is 0.143. The topological polar surface area (TPSA) is 21.3 Å². The van der Waals surface area contributed by atoms with Crippen LogP contribution in [-0.4, -0.2) is 7.05 Å². The molecular formula is C14H13BrClNO. The molecule has 94 valence electrons. The van der Waals surface area contributed by atoms with E-state index in [4.69, 9.17) is 16.3 Å². The molecule has 0 aliphatic carbocycles. The molecule has 1 N–H and O–H groups in total. The molecule has 0 spiro atoms. The lowest BCUT2D eigenvalue weighted by Gasteiger charge is -2.11. The van der Waals surface area contributed by atoms with Crippen LogP contribution in [0.3, 0.4) is 0 Å². The minimum Gasteiger partial charge on any atom is -0.457 e. The summed E-state index contributed by atoms with van der Waals surface area (Å²) in [6, 6.07) is 13.4. The Morgan fingerprint density at radius 3 is 2.56 bits per heavy atom. The molecule has 2 aromatic rings. The number of halogens is 2. The molecule has 2 rings (SSSR count). The zero-order valence-electron chi connectivity index (χ0n) is 9.91. The zero-order chi connectivity index (χ0) is 13.0. The maximum Gasteiger partial charge on any atom is 0.133 e. The van der Waals surface area contributed by atoms with E-state index in [1.807, 2.05) is 49.5 Å². The van der Waals surface area contributed by atoms with Gasteiger partial charge in [-0.25, -0.2) is 0 Å². The Bertz CT molecular complexity index is 528. The van der Waals surface area contributed by atoms with Gasteiger partial charge in [-0.3, -0.25) is 0 Å². The Morgan fingerprint density at radius 2 is 1.89 bits per heavy atom. The van der Waals surface area contributed by atoms with E-state index in [-0.39, 0.29) is 0 Å². The summed E-state index contributed by atoms with van der Waals surface area (Å²) in [5.74, 6) is 1.57. The molecule has 0 atom stereocenters. The zero-order valence-corrected chi connectivity index (χ0v) is 12.3. The first-order valence-electron chi connectivity index (χ1n) is 5.55. The molecule has 2 aromatic carbocycles. The van der Waals surface area contributed by atoms with E-state index in [0.29, 0.717) is 5.02 Å². The Balaban J connectivity index is 2.26. The third-order valence-electron chi connectivity index (χ3n) is 2.44. The summed E-state index contributed by atoms with van der Waals surface area (Å²) in [4.78, 5) is 0. The van der Waals surface area contributed by atoms with Gasteiger partial charge in [0.15, 0.2) is 0 Å². The summed E-state index contributed by atoms with van der Waals surface area (Å²) < 4.78 is 6.88. The number of benzene rings is 2. The van der Waals surface area contributed by atoms with E-state index in [1.54, 1.807) is 0 Å². The van der Waals surface area contributed by atoms with Gasteiger partial charge >= 0.3 is 0 Å². The van der Waals surface area contributed by atoms with Crippen LogP contribution in [0.5, 0.6) is 11.5 Å². The van der Waals surface area contributed by atoms with Crippen molar-refractivity contribution in [3.63, 3.8) is 0 Å². The van der Waals surface area contributed by atoms with Gasteiger partial charge < -0.3 is 10.1 Å². The van der Waals surface area contributed by atoms with Gasteiger partial charge in [-0.2, -0.15) is 0 Å². The maximum absolute atomic E-state index is 6.00. The normalized spacial score (nSPS) is 10.4. The number of hydrogen-bond acceptors (Lipinski definition) is 2. The lowest BCUT2D eigenvalue weighted by molar-refractivity contribution is 0.474.